The van der Waals surface area contributed by atoms with Crippen molar-refractivity contribution in [2.45, 2.75) is 50.5 Å². The number of rotatable bonds is 3. The fourth-order valence-corrected chi connectivity index (χ4v) is 4.01. The third-order valence-corrected chi connectivity index (χ3v) is 5.24. The summed E-state index contributed by atoms with van der Waals surface area (Å²) in [6.45, 7) is 3.73. The molecule has 1 aliphatic carbocycles. The minimum absolute atomic E-state index is 0. The number of halogens is 1. The lowest BCUT2D eigenvalue weighted by atomic mass is 9.83. The molecule has 2 fully saturated rings. The number of benzene rings is 1. The van der Waals surface area contributed by atoms with Gasteiger partial charge in [0.2, 0.25) is 0 Å². The number of piperidine rings is 1. The first-order valence-electron chi connectivity index (χ1n) is 8.36. The lowest BCUT2D eigenvalue weighted by molar-refractivity contribution is 0.149. The van der Waals surface area contributed by atoms with Gasteiger partial charge in [-0.2, -0.15) is 0 Å². The van der Waals surface area contributed by atoms with Crippen LogP contribution in [-0.2, 0) is 0 Å². The van der Waals surface area contributed by atoms with Crippen LogP contribution in [0.5, 0.6) is 0 Å². The predicted molar refractivity (Wildman–Crippen MR) is 92.0 cm³/mol. The molecule has 1 saturated carbocycles. The maximum Gasteiger partial charge on any atom is 0.00793 e. The van der Waals surface area contributed by atoms with Gasteiger partial charge in [-0.3, -0.25) is 0 Å². The molecule has 0 spiro atoms. The molecule has 3 rings (SSSR count). The van der Waals surface area contributed by atoms with Gasteiger partial charge in [0, 0.05) is 19.1 Å². The highest BCUT2D eigenvalue weighted by molar-refractivity contribution is 5.85. The van der Waals surface area contributed by atoms with E-state index in [0.717, 1.165) is 11.8 Å². The Hall–Kier alpha value is -0.570. The number of hydrogen-bond donors (Lipinski definition) is 1. The topological polar surface area (TPSA) is 29.3 Å². The molecule has 2 nitrogen and oxygen atoms in total. The summed E-state index contributed by atoms with van der Waals surface area (Å²) in [4.78, 5) is 2.68. The maximum atomic E-state index is 6.32. The highest BCUT2D eigenvalue weighted by atomic mass is 35.5. The average Bonchev–Trinajstić information content (AvgIpc) is 2.51. The van der Waals surface area contributed by atoms with Crippen molar-refractivity contribution in [1.82, 2.24) is 4.90 Å². The molecular weight excluding hydrogens is 280 g/mol. The van der Waals surface area contributed by atoms with Crippen molar-refractivity contribution in [1.29, 1.82) is 0 Å². The largest absolute Gasteiger partial charge is 0.327 e. The van der Waals surface area contributed by atoms with E-state index >= 15 is 0 Å². The summed E-state index contributed by atoms with van der Waals surface area (Å²) in [7, 11) is 0. The zero-order chi connectivity index (χ0) is 13.8. The predicted octanol–water partition coefficient (Wildman–Crippen LogP) is 3.81. The Bertz CT molecular complexity index is 409. The Morgan fingerprint density at radius 3 is 2.52 bits per heavy atom. The lowest BCUT2D eigenvalue weighted by Gasteiger charge is -2.38. The second kappa shape index (κ2) is 8.17. The van der Waals surface area contributed by atoms with E-state index in [9.17, 15) is 0 Å². The molecule has 1 aliphatic heterocycles. The molecule has 0 aromatic heterocycles. The molecule has 0 unspecified atom stereocenters. The summed E-state index contributed by atoms with van der Waals surface area (Å²) in [5.74, 6) is 1.46. The van der Waals surface area contributed by atoms with Crippen LogP contribution in [0.15, 0.2) is 30.3 Å². The van der Waals surface area contributed by atoms with Gasteiger partial charge in [0.15, 0.2) is 0 Å². The van der Waals surface area contributed by atoms with Crippen molar-refractivity contribution in [3.63, 3.8) is 0 Å². The van der Waals surface area contributed by atoms with Crippen LogP contribution in [0.3, 0.4) is 0 Å². The Morgan fingerprint density at radius 1 is 1.00 bits per heavy atom. The first-order valence-corrected chi connectivity index (χ1v) is 8.36. The van der Waals surface area contributed by atoms with Crippen LogP contribution >= 0.6 is 12.4 Å². The van der Waals surface area contributed by atoms with Crippen molar-refractivity contribution in [2.75, 3.05) is 19.6 Å². The van der Waals surface area contributed by atoms with Gasteiger partial charge in [-0.25, -0.2) is 0 Å². The molecule has 1 saturated heterocycles. The van der Waals surface area contributed by atoms with Gasteiger partial charge in [-0.15, -0.1) is 12.4 Å². The molecule has 0 amide bonds. The van der Waals surface area contributed by atoms with E-state index < -0.39 is 0 Å². The standard InChI is InChI=1S/C18H28N2.ClH/c19-18-11-5-4-9-17(18)14-20-12-6-10-16(13-20)15-7-2-1-3-8-15;/h1-3,7-8,16-18H,4-6,9-14,19H2;1H/t16-,17-,18+;/m1./s1. The molecule has 0 radical (unpaired) electrons. The normalized spacial score (nSPS) is 30.6. The van der Waals surface area contributed by atoms with Crippen molar-refractivity contribution in [2.24, 2.45) is 11.7 Å². The highest BCUT2D eigenvalue weighted by Crippen LogP contribution is 2.29. The van der Waals surface area contributed by atoms with Crippen LogP contribution in [0.4, 0.5) is 0 Å². The summed E-state index contributed by atoms with van der Waals surface area (Å²) in [5, 5.41) is 0. The molecule has 3 heteroatoms. The van der Waals surface area contributed by atoms with Crippen LogP contribution in [0, 0.1) is 5.92 Å². The number of hydrogen-bond acceptors (Lipinski definition) is 2. The smallest absolute Gasteiger partial charge is 0.00793 e. The fourth-order valence-electron chi connectivity index (χ4n) is 4.01. The molecule has 3 atom stereocenters. The first-order chi connectivity index (χ1) is 9.83. The van der Waals surface area contributed by atoms with E-state index in [1.807, 2.05) is 0 Å². The summed E-state index contributed by atoms with van der Waals surface area (Å²) in [5.41, 5.74) is 7.83. The van der Waals surface area contributed by atoms with E-state index in [0.29, 0.717) is 6.04 Å². The SMILES string of the molecule is Cl.N[C@H]1CCCC[C@@H]1CN1CCC[C@@H](c2ccccc2)C1. The van der Waals surface area contributed by atoms with Crippen LogP contribution in [0.25, 0.3) is 0 Å². The number of likely N-dealkylation sites (tertiary alicyclic amines) is 1. The maximum absolute atomic E-state index is 6.32. The molecule has 1 aromatic rings. The van der Waals surface area contributed by atoms with Gasteiger partial charge in [0.25, 0.3) is 0 Å². The molecule has 2 N–H and O–H groups in total. The Balaban J connectivity index is 0.00000161. The monoisotopic (exact) mass is 308 g/mol. The van der Waals surface area contributed by atoms with Crippen LogP contribution in [0.2, 0.25) is 0 Å². The quantitative estimate of drug-likeness (QED) is 0.920. The van der Waals surface area contributed by atoms with Gasteiger partial charge in [-0.1, -0.05) is 43.2 Å². The van der Waals surface area contributed by atoms with Crippen molar-refractivity contribution < 1.29 is 0 Å². The average molecular weight is 309 g/mol. The van der Waals surface area contributed by atoms with E-state index in [4.69, 9.17) is 5.73 Å². The van der Waals surface area contributed by atoms with Crippen LogP contribution < -0.4 is 5.73 Å². The Morgan fingerprint density at radius 2 is 1.76 bits per heavy atom. The Kier molecular flexibility index (Phi) is 6.53. The third-order valence-electron chi connectivity index (χ3n) is 5.24. The zero-order valence-electron chi connectivity index (χ0n) is 12.9. The zero-order valence-corrected chi connectivity index (χ0v) is 13.7. The number of nitrogens with two attached hydrogens (primary N) is 1. The van der Waals surface area contributed by atoms with E-state index in [2.05, 4.69) is 35.2 Å². The second-order valence-corrected chi connectivity index (χ2v) is 6.72. The molecular formula is C18H29ClN2. The lowest BCUT2D eigenvalue weighted by Crippen LogP contribution is -2.44. The van der Waals surface area contributed by atoms with E-state index in [1.54, 1.807) is 0 Å². The highest BCUT2D eigenvalue weighted by Gasteiger charge is 2.27. The number of nitrogens with zero attached hydrogens (tertiary/aromatic N) is 1. The van der Waals surface area contributed by atoms with Gasteiger partial charge in [0.05, 0.1) is 0 Å². The minimum atomic E-state index is 0. The molecule has 2 aliphatic rings. The van der Waals surface area contributed by atoms with Gasteiger partial charge in [-0.05, 0) is 49.6 Å². The van der Waals surface area contributed by atoms with Crippen molar-refractivity contribution >= 4 is 12.4 Å². The van der Waals surface area contributed by atoms with Gasteiger partial charge >= 0.3 is 0 Å². The van der Waals surface area contributed by atoms with Gasteiger partial charge < -0.3 is 10.6 Å². The van der Waals surface area contributed by atoms with Crippen LogP contribution in [-0.4, -0.2) is 30.6 Å². The molecule has 1 heterocycles. The molecule has 0 bridgehead atoms. The van der Waals surface area contributed by atoms with Crippen molar-refractivity contribution in [3.8, 4) is 0 Å². The molecule has 1 aromatic carbocycles. The Labute approximate surface area is 135 Å². The third kappa shape index (κ3) is 4.45. The fraction of sp³-hybridized carbons (Fsp3) is 0.667. The minimum Gasteiger partial charge on any atom is -0.327 e. The second-order valence-electron chi connectivity index (χ2n) is 6.72. The van der Waals surface area contributed by atoms with E-state index in [1.165, 1.54) is 63.7 Å². The van der Waals surface area contributed by atoms with Crippen LogP contribution in [0.1, 0.15) is 50.0 Å². The molecule has 118 valence electrons. The summed E-state index contributed by atoms with van der Waals surface area (Å²) >= 11 is 0. The molecule has 21 heavy (non-hydrogen) atoms. The van der Waals surface area contributed by atoms with Gasteiger partial charge in [0.1, 0.15) is 0 Å². The van der Waals surface area contributed by atoms with E-state index in [-0.39, 0.29) is 12.4 Å². The summed E-state index contributed by atoms with van der Waals surface area (Å²) in [6.07, 6.45) is 7.98. The first kappa shape index (κ1) is 16.8. The summed E-state index contributed by atoms with van der Waals surface area (Å²) in [6, 6.07) is 11.5. The van der Waals surface area contributed by atoms with Crippen molar-refractivity contribution in [3.05, 3.63) is 35.9 Å². The summed E-state index contributed by atoms with van der Waals surface area (Å²) < 4.78 is 0.